The van der Waals surface area contributed by atoms with Crippen molar-refractivity contribution in [2.45, 2.75) is 31.8 Å². The van der Waals surface area contributed by atoms with Gasteiger partial charge in [0.15, 0.2) is 0 Å². The van der Waals surface area contributed by atoms with Crippen LogP contribution < -0.4 is 21.5 Å². The first-order valence-corrected chi connectivity index (χ1v) is 9.26. The molecule has 2 aliphatic rings. The summed E-state index contributed by atoms with van der Waals surface area (Å²) in [6.07, 6.45) is 2.12. The molecule has 2 unspecified atom stereocenters. The molecule has 4 N–H and O–H groups in total. The number of nitrogens with zero attached hydrogens (tertiary/aromatic N) is 2. The number of benzene rings is 1. The second-order valence-corrected chi connectivity index (χ2v) is 6.88. The third kappa shape index (κ3) is 2.97. The maximum atomic E-state index is 11.8. The van der Waals surface area contributed by atoms with E-state index in [1.165, 1.54) is 11.1 Å². The van der Waals surface area contributed by atoms with Crippen molar-refractivity contribution in [3.63, 3.8) is 0 Å². The van der Waals surface area contributed by atoms with Crippen LogP contribution in [0.5, 0.6) is 5.88 Å². The minimum Gasteiger partial charge on any atom is -0.476 e. The number of aromatic amines is 1. The summed E-state index contributed by atoms with van der Waals surface area (Å²) in [5, 5.41) is 3.59. The predicted molar refractivity (Wildman–Crippen MR) is 100 cm³/mol. The molecule has 7 heteroatoms. The lowest BCUT2D eigenvalue weighted by Gasteiger charge is -2.42. The molecule has 0 radical (unpaired) electrons. The van der Waals surface area contributed by atoms with Gasteiger partial charge in [-0.1, -0.05) is 31.2 Å². The summed E-state index contributed by atoms with van der Waals surface area (Å²) in [7, 11) is 0. The molecule has 0 saturated heterocycles. The number of fused-ring (bicyclic) bond motifs is 2. The van der Waals surface area contributed by atoms with Crippen LogP contribution >= 0.6 is 0 Å². The van der Waals surface area contributed by atoms with E-state index in [9.17, 15) is 4.79 Å². The van der Waals surface area contributed by atoms with Gasteiger partial charge in [-0.3, -0.25) is 9.88 Å². The summed E-state index contributed by atoms with van der Waals surface area (Å²) in [5.74, 6) is 0.680. The molecule has 0 bridgehead atoms. The standard InChI is InChI=1S/C19H25N5O2/c1-2-9-24-10-7-12-5-3-4-6-13(12)16(24)15-14-17(20)22-19(25)23-18(14)26-11-8-21-15/h3-6,15-16,21H,2,7-11H2,1H3,(H3,20,22,23,25). The van der Waals surface area contributed by atoms with Crippen LogP contribution in [0, 0.1) is 0 Å². The number of nitrogen functional groups attached to an aromatic ring is 1. The molecular weight excluding hydrogens is 330 g/mol. The van der Waals surface area contributed by atoms with Crippen molar-refractivity contribution in [2.24, 2.45) is 0 Å². The molecule has 0 amide bonds. The maximum Gasteiger partial charge on any atom is 0.349 e. The van der Waals surface area contributed by atoms with E-state index in [1.54, 1.807) is 0 Å². The van der Waals surface area contributed by atoms with Crippen molar-refractivity contribution in [1.29, 1.82) is 0 Å². The Morgan fingerprint density at radius 3 is 3.08 bits per heavy atom. The van der Waals surface area contributed by atoms with Crippen molar-refractivity contribution in [2.75, 3.05) is 32.0 Å². The van der Waals surface area contributed by atoms with Gasteiger partial charge in [-0.05, 0) is 30.5 Å². The van der Waals surface area contributed by atoms with E-state index in [1.807, 2.05) is 0 Å². The predicted octanol–water partition coefficient (Wildman–Crippen LogP) is 1.38. The summed E-state index contributed by atoms with van der Waals surface area (Å²) in [5.41, 5.74) is 9.17. The first-order chi connectivity index (χ1) is 12.7. The molecule has 2 aliphatic heterocycles. The van der Waals surface area contributed by atoms with Gasteiger partial charge in [0.05, 0.1) is 17.6 Å². The highest BCUT2D eigenvalue weighted by Gasteiger charge is 2.38. The monoisotopic (exact) mass is 355 g/mol. The lowest BCUT2D eigenvalue weighted by atomic mass is 9.85. The quantitative estimate of drug-likeness (QED) is 0.770. The van der Waals surface area contributed by atoms with Crippen molar-refractivity contribution in [3.05, 3.63) is 51.4 Å². The molecule has 138 valence electrons. The van der Waals surface area contributed by atoms with Crippen molar-refractivity contribution in [3.8, 4) is 5.88 Å². The largest absolute Gasteiger partial charge is 0.476 e. The van der Waals surface area contributed by atoms with Crippen LogP contribution in [-0.4, -0.2) is 41.1 Å². The molecule has 1 aromatic carbocycles. The molecule has 7 nitrogen and oxygen atoms in total. The van der Waals surface area contributed by atoms with Gasteiger partial charge < -0.3 is 15.8 Å². The Labute approximate surface area is 152 Å². The van der Waals surface area contributed by atoms with Crippen molar-refractivity contribution < 1.29 is 4.74 Å². The van der Waals surface area contributed by atoms with Crippen LogP contribution in [0.25, 0.3) is 0 Å². The van der Waals surface area contributed by atoms with Crippen LogP contribution in [0.2, 0.25) is 0 Å². The second kappa shape index (κ2) is 7.09. The molecular formula is C19H25N5O2. The maximum absolute atomic E-state index is 11.8. The van der Waals surface area contributed by atoms with Crippen LogP contribution in [0.4, 0.5) is 5.82 Å². The zero-order valence-corrected chi connectivity index (χ0v) is 15.0. The molecule has 2 atom stereocenters. The summed E-state index contributed by atoms with van der Waals surface area (Å²) in [6.45, 7) is 5.34. The van der Waals surface area contributed by atoms with E-state index in [0.29, 0.717) is 24.8 Å². The third-order valence-corrected chi connectivity index (χ3v) is 5.24. The summed E-state index contributed by atoms with van der Waals surface area (Å²) < 4.78 is 5.72. The zero-order valence-electron chi connectivity index (χ0n) is 15.0. The number of ether oxygens (including phenoxy) is 1. The molecule has 3 heterocycles. The Hall–Kier alpha value is -2.38. The van der Waals surface area contributed by atoms with E-state index in [2.05, 4.69) is 51.4 Å². The first-order valence-electron chi connectivity index (χ1n) is 9.26. The topological polar surface area (TPSA) is 96.3 Å². The molecule has 26 heavy (non-hydrogen) atoms. The molecule has 0 fully saturated rings. The zero-order chi connectivity index (χ0) is 18.1. The van der Waals surface area contributed by atoms with Gasteiger partial charge in [0, 0.05) is 13.1 Å². The number of hydrogen-bond donors (Lipinski definition) is 3. The SMILES string of the molecule is CCCN1CCc2ccccc2C1C1NCCOc2nc(=O)[nH]c(N)c21. The van der Waals surface area contributed by atoms with Crippen molar-refractivity contribution >= 4 is 5.82 Å². The van der Waals surface area contributed by atoms with Crippen molar-refractivity contribution in [1.82, 2.24) is 20.2 Å². The fraction of sp³-hybridized carbons (Fsp3) is 0.474. The molecule has 1 aromatic heterocycles. The van der Waals surface area contributed by atoms with E-state index in [4.69, 9.17) is 10.5 Å². The highest BCUT2D eigenvalue weighted by Crippen LogP contribution is 2.43. The van der Waals surface area contributed by atoms with Crippen LogP contribution in [0.3, 0.4) is 0 Å². The minimum atomic E-state index is -0.476. The van der Waals surface area contributed by atoms with Gasteiger partial charge in [0.25, 0.3) is 0 Å². The number of nitrogens with two attached hydrogens (primary N) is 1. The highest BCUT2D eigenvalue weighted by atomic mass is 16.5. The Bertz CT molecular complexity index is 850. The number of rotatable bonds is 3. The van der Waals surface area contributed by atoms with Gasteiger partial charge in [0.1, 0.15) is 12.4 Å². The number of nitrogens with one attached hydrogen (secondary N) is 2. The molecule has 0 saturated carbocycles. The van der Waals surface area contributed by atoms with Gasteiger partial charge in [-0.15, -0.1) is 0 Å². The number of aromatic nitrogens is 2. The highest BCUT2D eigenvalue weighted by molar-refractivity contribution is 5.50. The Morgan fingerprint density at radius 1 is 1.38 bits per heavy atom. The normalized spacial score (nSPS) is 22.8. The van der Waals surface area contributed by atoms with Crippen LogP contribution in [0.1, 0.15) is 42.1 Å². The van der Waals surface area contributed by atoms with E-state index >= 15 is 0 Å². The Balaban J connectivity index is 1.86. The average Bonchev–Trinajstić information content (AvgIpc) is 2.84. The molecule has 0 aliphatic carbocycles. The van der Waals surface area contributed by atoms with Crippen LogP contribution in [0.15, 0.2) is 29.1 Å². The summed E-state index contributed by atoms with van der Waals surface area (Å²) >= 11 is 0. The Morgan fingerprint density at radius 2 is 2.23 bits per heavy atom. The van der Waals surface area contributed by atoms with E-state index < -0.39 is 5.69 Å². The van der Waals surface area contributed by atoms with Gasteiger partial charge in [0.2, 0.25) is 5.88 Å². The average molecular weight is 355 g/mol. The van der Waals surface area contributed by atoms with Gasteiger partial charge in [-0.25, -0.2) is 4.79 Å². The molecule has 2 aromatic rings. The number of H-pyrrole nitrogens is 1. The number of anilines is 1. The van der Waals surface area contributed by atoms with E-state index in [0.717, 1.165) is 31.5 Å². The van der Waals surface area contributed by atoms with Gasteiger partial charge >= 0.3 is 5.69 Å². The number of hydrogen-bond acceptors (Lipinski definition) is 6. The van der Waals surface area contributed by atoms with Crippen LogP contribution in [-0.2, 0) is 6.42 Å². The Kier molecular flexibility index (Phi) is 4.65. The smallest absolute Gasteiger partial charge is 0.349 e. The summed E-state index contributed by atoms with van der Waals surface area (Å²) in [6, 6.07) is 8.61. The van der Waals surface area contributed by atoms with Gasteiger partial charge in [-0.2, -0.15) is 4.98 Å². The fourth-order valence-corrected chi connectivity index (χ4v) is 4.20. The fourth-order valence-electron chi connectivity index (χ4n) is 4.20. The summed E-state index contributed by atoms with van der Waals surface area (Å²) in [4.78, 5) is 20.9. The minimum absolute atomic E-state index is 0.0927. The lowest BCUT2D eigenvalue weighted by Crippen LogP contribution is -2.43. The third-order valence-electron chi connectivity index (χ3n) is 5.24. The molecule has 4 rings (SSSR count). The lowest BCUT2D eigenvalue weighted by molar-refractivity contribution is 0.146. The molecule has 0 spiro atoms. The first kappa shape index (κ1) is 17.1. The second-order valence-electron chi connectivity index (χ2n) is 6.88. The van der Waals surface area contributed by atoms with E-state index in [-0.39, 0.29) is 12.1 Å².